The van der Waals surface area contributed by atoms with E-state index in [0.29, 0.717) is 11.4 Å². The molecule has 0 unspecified atom stereocenters. The largest absolute Gasteiger partial charge is 0.478 e. The van der Waals surface area contributed by atoms with Gasteiger partial charge in [0.05, 0.1) is 17.0 Å². The van der Waals surface area contributed by atoms with Crippen LogP contribution >= 0.6 is 11.8 Å². The summed E-state index contributed by atoms with van der Waals surface area (Å²) in [6.07, 6.45) is 0.999. The Morgan fingerprint density at radius 2 is 1.69 bits per heavy atom. The van der Waals surface area contributed by atoms with Crippen LogP contribution in [0.15, 0.2) is 65.1 Å². The van der Waals surface area contributed by atoms with Crippen molar-refractivity contribution in [3.8, 4) is 0 Å². The second-order valence-corrected chi connectivity index (χ2v) is 6.94. The molecule has 0 bridgehead atoms. The molecule has 2 aromatic rings. The van der Waals surface area contributed by atoms with E-state index in [1.165, 1.54) is 24.8 Å². The Morgan fingerprint density at radius 1 is 1.03 bits per heavy atom. The summed E-state index contributed by atoms with van der Waals surface area (Å²) in [6, 6.07) is 13.2. The van der Waals surface area contributed by atoms with Crippen LogP contribution < -0.4 is 16.4 Å². The summed E-state index contributed by atoms with van der Waals surface area (Å²) in [6.45, 7) is 1.33. The molecule has 0 spiro atoms. The molecule has 2 rings (SSSR count). The molecule has 0 fully saturated rings. The third-order valence-electron chi connectivity index (χ3n) is 3.64. The molecule has 29 heavy (non-hydrogen) atoms. The zero-order valence-electron chi connectivity index (χ0n) is 15.5. The quantitative estimate of drug-likeness (QED) is 0.387. The zero-order valence-corrected chi connectivity index (χ0v) is 16.3. The first-order valence-electron chi connectivity index (χ1n) is 8.40. The minimum atomic E-state index is -1.16. The minimum absolute atomic E-state index is 0.0707. The lowest BCUT2D eigenvalue weighted by atomic mass is 10.1. The molecule has 0 atom stereocenters. The van der Waals surface area contributed by atoms with Crippen LogP contribution in [-0.4, -0.2) is 34.6 Å². The number of amides is 3. The summed E-state index contributed by atoms with van der Waals surface area (Å²) in [5, 5.41) is 14.0. The zero-order chi connectivity index (χ0) is 21.4. The third kappa shape index (κ3) is 6.82. The molecule has 0 heterocycles. The fraction of sp³-hybridized carbons (Fsp3) is 0.100. The van der Waals surface area contributed by atoms with E-state index in [-0.39, 0.29) is 22.8 Å². The molecule has 0 aliphatic heterocycles. The van der Waals surface area contributed by atoms with Gasteiger partial charge in [-0.25, -0.2) is 4.79 Å². The van der Waals surface area contributed by atoms with Gasteiger partial charge in [-0.1, -0.05) is 12.1 Å². The Bertz CT molecular complexity index is 970. The van der Waals surface area contributed by atoms with Gasteiger partial charge in [-0.15, -0.1) is 11.8 Å². The van der Waals surface area contributed by atoms with Gasteiger partial charge in [0.1, 0.15) is 0 Å². The van der Waals surface area contributed by atoms with Crippen LogP contribution in [0.2, 0.25) is 0 Å². The van der Waals surface area contributed by atoms with Crippen molar-refractivity contribution in [3.63, 3.8) is 0 Å². The van der Waals surface area contributed by atoms with E-state index in [4.69, 9.17) is 10.8 Å². The Morgan fingerprint density at radius 3 is 2.31 bits per heavy atom. The Labute approximate surface area is 171 Å². The molecule has 2 aromatic carbocycles. The first-order valence-corrected chi connectivity index (χ1v) is 9.39. The number of thioether (sulfide) groups is 1. The fourth-order valence-electron chi connectivity index (χ4n) is 2.21. The van der Waals surface area contributed by atoms with E-state index in [2.05, 4.69) is 10.6 Å². The maximum Gasteiger partial charge on any atom is 0.331 e. The molecular formula is C20H19N3O5S. The summed E-state index contributed by atoms with van der Waals surface area (Å²) in [7, 11) is 0. The molecule has 150 valence electrons. The van der Waals surface area contributed by atoms with Crippen molar-refractivity contribution in [2.75, 3.05) is 16.4 Å². The smallest absolute Gasteiger partial charge is 0.331 e. The number of carboxylic acids is 1. The van der Waals surface area contributed by atoms with Gasteiger partial charge < -0.3 is 21.5 Å². The fourth-order valence-corrected chi connectivity index (χ4v) is 2.91. The van der Waals surface area contributed by atoms with Crippen LogP contribution in [0.3, 0.4) is 0 Å². The van der Waals surface area contributed by atoms with E-state index in [1.807, 2.05) is 0 Å². The van der Waals surface area contributed by atoms with Crippen molar-refractivity contribution in [3.05, 3.63) is 65.7 Å². The molecule has 0 saturated heterocycles. The molecule has 0 aliphatic carbocycles. The van der Waals surface area contributed by atoms with Crippen LogP contribution in [0.4, 0.5) is 11.4 Å². The second-order valence-electron chi connectivity index (χ2n) is 5.89. The topological polar surface area (TPSA) is 139 Å². The first kappa shape index (κ1) is 21.7. The number of anilines is 2. The van der Waals surface area contributed by atoms with Crippen LogP contribution in [0, 0.1) is 0 Å². The number of rotatable bonds is 8. The average Bonchev–Trinajstić information content (AvgIpc) is 2.67. The minimum Gasteiger partial charge on any atom is -0.478 e. The van der Waals surface area contributed by atoms with E-state index < -0.39 is 17.8 Å². The molecule has 0 aliphatic rings. The van der Waals surface area contributed by atoms with Crippen molar-refractivity contribution in [2.24, 2.45) is 5.73 Å². The van der Waals surface area contributed by atoms with Gasteiger partial charge >= 0.3 is 5.97 Å². The standard InChI is InChI=1S/C20H19N3O5S/c1-12(20(27)28)10-17(24)22-13-6-8-14(9-7-13)29-11-18(25)23-16-5-3-2-4-15(16)19(21)26/h2-10H,11H2,1H3,(H2,21,26)(H,22,24)(H,23,25)(H,27,28)/b12-10+. The first-order chi connectivity index (χ1) is 13.8. The summed E-state index contributed by atoms with van der Waals surface area (Å²) in [5.41, 5.74) is 6.30. The molecule has 0 saturated carbocycles. The lowest BCUT2D eigenvalue weighted by Gasteiger charge is -2.09. The van der Waals surface area contributed by atoms with Crippen molar-refractivity contribution in [2.45, 2.75) is 11.8 Å². The van der Waals surface area contributed by atoms with E-state index in [1.54, 1.807) is 42.5 Å². The monoisotopic (exact) mass is 413 g/mol. The van der Waals surface area contributed by atoms with Gasteiger partial charge in [0.2, 0.25) is 11.8 Å². The number of hydrogen-bond donors (Lipinski definition) is 4. The number of aliphatic carboxylic acids is 1. The van der Waals surface area contributed by atoms with Gasteiger partial charge in [0, 0.05) is 22.2 Å². The molecular weight excluding hydrogens is 394 g/mol. The highest BCUT2D eigenvalue weighted by molar-refractivity contribution is 8.00. The maximum absolute atomic E-state index is 12.1. The lowest BCUT2D eigenvalue weighted by molar-refractivity contribution is -0.132. The highest BCUT2D eigenvalue weighted by Crippen LogP contribution is 2.21. The molecule has 0 aromatic heterocycles. The normalized spacial score (nSPS) is 10.9. The predicted octanol–water partition coefficient (Wildman–Crippen LogP) is 2.49. The number of nitrogens with two attached hydrogens (primary N) is 1. The second kappa shape index (κ2) is 10.1. The molecule has 5 N–H and O–H groups in total. The van der Waals surface area contributed by atoms with Crippen LogP contribution in [-0.2, 0) is 14.4 Å². The number of primary amides is 1. The van der Waals surface area contributed by atoms with Gasteiger partial charge in [-0.05, 0) is 43.3 Å². The number of carboxylic acid groups (broad SMARTS) is 1. The molecule has 8 nitrogen and oxygen atoms in total. The molecule has 3 amide bonds. The molecule has 0 radical (unpaired) electrons. The van der Waals surface area contributed by atoms with E-state index in [9.17, 15) is 19.2 Å². The van der Waals surface area contributed by atoms with Crippen LogP contribution in [0.25, 0.3) is 0 Å². The lowest BCUT2D eigenvalue weighted by Crippen LogP contribution is -2.19. The number of benzene rings is 2. The van der Waals surface area contributed by atoms with E-state index in [0.717, 1.165) is 11.0 Å². The van der Waals surface area contributed by atoms with Crippen LogP contribution in [0.1, 0.15) is 17.3 Å². The van der Waals surface area contributed by atoms with Crippen LogP contribution in [0.5, 0.6) is 0 Å². The van der Waals surface area contributed by atoms with Crippen molar-refractivity contribution in [1.82, 2.24) is 0 Å². The van der Waals surface area contributed by atoms with Crippen molar-refractivity contribution >= 4 is 46.8 Å². The van der Waals surface area contributed by atoms with Crippen molar-refractivity contribution < 1.29 is 24.3 Å². The summed E-state index contributed by atoms with van der Waals surface area (Å²) in [5.74, 6) is -2.52. The average molecular weight is 413 g/mol. The Kier molecular flexibility index (Phi) is 7.55. The number of nitrogens with one attached hydrogen (secondary N) is 2. The number of carbonyl (C=O) groups excluding carboxylic acids is 3. The highest BCUT2D eigenvalue weighted by Gasteiger charge is 2.11. The van der Waals surface area contributed by atoms with Gasteiger partial charge in [0.15, 0.2) is 0 Å². The van der Waals surface area contributed by atoms with Crippen molar-refractivity contribution in [1.29, 1.82) is 0 Å². The highest BCUT2D eigenvalue weighted by atomic mass is 32.2. The molecule has 9 heteroatoms. The SMILES string of the molecule is C/C(=C\C(=O)Nc1ccc(SCC(=O)Nc2ccccc2C(N)=O)cc1)C(=O)O. The van der Waals surface area contributed by atoms with Gasteiger partial charge in [0.25, 0.3) is 5.91 Å². The number of carbonyl (C=O) groups is 4. The maximum atomic E-state index is 12.1. The van der Waals surface area contributed by atoms with E-state index >= 15 is 0 Å². The summed E-state index contributed by atoms with van der Waals surface area (Å²) in [4.78, 5) is 46.8. The summed E-state index contributed by atoms with van der Waals surface area (Å²) >= 11 is 1.27. The predicted molar refractivity (Wildman–Crippen MR) is 111 cm³/mol. The van der Waals surface area contributed by atoms with Gasteiger partial charge in [-0.3, -0.25) is 14.4 Å². The Hall–Kier alpha value is -3.59. The third-order valence-corrected chi connectivity index (χ3v) is 4.66. The number of para-hydroxylation sites is 1. The van der Waals surface area contributed by atoms with Gasteiger partial charge in [-0.2, -0.15) is 0 Å². The summed E-state index contributed by atoms with van der Waals surface area (Å²) < 4.78 is 0. The number of hydrogen-bond acceptors (Lipinski definition) is 5. The Balaban J connectivity index is 1.90.